The van der Waals surface area contributed by atoms with Gasteiger partial charge in [-0.25, -0.2) is 9.97 Å². The molecule has 1 aliphatic carbocycles. The van der Waals surface area contributed by atoms with Gasteiger partial charge in [0.25, 0.3) is 0 Å². The SMILES string of the molecule is COCCOCCOCCOCCO[C@H]1CC[C@H](c2nccc(CO)n2)CC1. The van der Waals surface area contributed by atoms with Gasteiger partial charge in [-0.05, 0) is 31.7 Å². The average Bonchev–Trinajstić information content (AvgIpc) is 2.75. The lowest BCUT2D eigenvalue weighted by molar-refractivity contribution is -0.0299. The Hall–Kier alpha value is -1.16. The fourth-order valence-electron chi connectivity index (χ4n) is 3.14. The van der Waals surface area contributed by atoms with E-state index < -0.39 is 0 Å². The molecule has 1 N–H and O–H groups in total. The van der Waals surface area contributed by atoms with Crippen LogP contribution < -0.4 is 0 Å². The van der Waals surface area contributed by atoms with E-state index in [1.165, 1.54) is 0 Å². The van der Waals surface area contributed by atoms with Gasteiger partial charge < -0.3 is 28.8 Å². The average molecular weight is 399 g/mol. The molecule has 1 aromatic heterocycles. The van der Waals surface area contributed by atoms with Crippen molar-refractivity contribution >= 4 is 0 Å². The zero-order valence-corrected chi connectivity index (χ0v) is 16.9. The lowest BCUT2D eigenvalue weighted by Gasteiger charge is -2.27. The summed E-state index contributed by atoms with van der Waals surface area (Å²) in [7, 11) is 1.65. The maximum Gasteiger partial charge on any atom is 0.131 e. The molecule has 8 heteroatoms. The van der Waals surface area contributed by atoms with Gasteiger partial charge in [0, 0.05) is 19.2 Å². The number of ether oxygens (including phenoxy) is 5. The largest absolute Gasteiger partial charge is 0.390 e. The summed E-state index contributed by atoms with van der Waals surface area (Å²) in [5.74, 6) is 1.20. The molecule has 0 unspecified atom stereocenters. The number of aromatic nitrogens is 2. The second-order valence-corrected chi connectivity index (χ2v) is 6.74. The lowest BCUT2D eigenvalue weighted by atomic mass is 9.87. The quantitative estimate of drug-likeness (QED) is 0.447. The van der Waals surface area contributed by atoms with Crippen LogP contribution in [0.15, 0.2) is 12.3 Å². The lowest BCUT2D eigenvalue weighted by Crippen LogP contribution is -2.23. The van der Waals surface area contributed by atoms with E-state index in [2.05, 4.69) is 9.97 Å². The van der Waals surface area contributed by atoms with E-state index >= 15 is 0 Å². The molecule has 1 heterocycles. The van der Waals surface area contributed by atoms with Gasteiger partial charge in [0.15, 0.2) is 0 Å². The summed E-state index contributed by atoms with van der Waals surface area (Å²) >= 11 is 0. The predicted molar refractivity (Wildman–Crippen MR) is 103 cm³/mol. The number of methoxy groups -OCH3 is 1. The van der Waals surface area contributed by atoms with Gasteiger partial charge in [-0.1, -0.05) is 0 Å². The van der Waals surface area contributed by atoms with Gasteiger partial charge in [-0.3, -0.25) is 0 Å². The van der Waals surface area contributed by atoms with Crippen molar-refractivity contribution in [3.8, 4) is 0 Å². The second kappa shape index (κ2) is 14.8. The van der Waals surface area contributed by atoms with E-state index in [4.69, 9.17) is 23.7 Å². The monoisotopic (exact) mass is 398 g/mol. The van der Waals surface area contributed by atoms with Crippen LogP contribution in [0.5, 0.6) is 0 Å². The van der Waals surface area contributed by atoms with Crippen molar-refractivity contribution in [3.63, 3.8) is 0 Å². The van der Waals surface area contributed by atoms with Gasteiger partial charge >= 0.3 is 0 Å². The second-order valence-electron chi connectivity index (χ2n) is 6.74. The highest BCUT2D eigenvalue weighted by Crippen LogP contribution is 2.32. The molecule has 0 aromatic carbocycles. The molecule has 1 aliphatic rings. The zero-order chi connectivity index (χ0) is 19.9. The fourth-order valence-corrected chi connectivity index (χ4v) is 3.14. The number of aliphatic hydroxyl groups is 1. The molecule has 0 saturated heterocycles. The Morgan fingerprint density at radius 2 is 1.50 bits per heavy atom. The van der Waals surface area contributed by atoms with Gasteiger partial charge in [0.2, 0.25) is 0 Å². The molecule has 160 valence electrons. The summed E-state index contributed by atoms with van der Waals surface area (Å²) in [6, 6.07) is 1.75. The van der Waals surface area contributed by atoms with Crippen LogP contribution in [0, 0.1) is 0 Å². The molecule has 0 atom stereocenters. The van der Waals surface area contributed by atoms with Gasteiger partial charge in [-0.2, -0.15) is 0 Å². The van der Waals surface area contributed by atoms with Crippen LogP contribution in [0.25, 0.3) is 0 Å². The first-order valence-electron chi connectivity index (χ1n) is 10.1. The molecule has 1 aromatic rings. The molecule has 1 saturated carbocycles. The van der Waals surface area contributed by atoms with Crippen LogP contribution in [0.4, 0.5) is 0 Å². The van der Waals surface area contributed by atoms with E-state index in [1.807, 2.05) is 0 Å². The highest BCUT2D eigenvalue weighted by Gasteiger charge is 2.24. The Kier molecular flexibility index (Phi) is 12.2. The van der Waals surface area contributed by atoms with Crippen molar-refractivity contribution in [2.75, 3.05) is 60.0 Å². The maximum absolute atomic E-state index is 9.20. The molecule has 28 heavy (non-hydrogen) atoms. The Balaban J connectivity index is 1.43. The Morgan fingerprint density at radius 3 is 2.11 bits per heavy atom. The number of nitrogens with zero attached hydrogens (tertiary/aromatic N) is 2. The molecule has 0 aliphatic heterocycles. The van der Waals surface area contributed by atoms with Crippen molar-refractivity contribution < 1.29 is 28.8 Å². The van der Waals surface area contributed by atoms with Crippen LogP contribution in [-0.4, -0.2) is 81.1 Å². The van der Waals surface area contributed by atoms with Gasteiger partial charge in [0.1, 0.15) is 5.82 Å². The minimum Gasteiger partial charge on any atom is -0.390 e. The van der Waals surface area contributed by atoms with E-state index in [1.54, 1.807) is 19.4 Å². The van der Waals surface area contributed by atoms with Crippen molar-refractivity contribution in [2.45, 2.75) is 44.3 Å². The first kappa shape index (κ1) is 23.1. The van der Waals surface area contributed by atoms with Crippen molar-refractivity contribution in [1.29, 1.82) is 0 Å². The molecule has 0 spiro atoms. The smallest absolute Gasteiger partial charge is 0.131 e. The highest BCUT2D eigenvalue weighted by atomic mass is 16.6. The molecule has 0 bridgehead atoms. The molecule has 0 radical (unpaired) electrons. The summed E-state index contributed by atoms with van der Waals surface area (Å²) in [6.07, 6.45) is 6.04. The highest BCUT2D eigenvalue weighted by molar-refractivity contribution is 5.05. The minimum absolute atomic E-state index is 0.0405. The fraction of sp³-hybridized carbons (Fsp3) is 0.800. The number of hydrogen-bond acceptors (Lipinski definition) is 8. The number of rotatable bonds is 15. The first-order valence-corrected chi connectivity index (χ1v) is 10.1. The third kappa shape index (κ3) is 9.36. The molecule has 2 rings (SSSR count). The van der Waals surface area contributed by atoms with Crippen LogP contribution in [0.2, 0.25) is 0 Å². The van der Waals surface area contributed by atoms with Crippen LogP contribution in [0.1, 0.15) is 43.1 Å². The van der Waals surface area contributed by atoms with E-state index in [-0.39, 0.29) is 12.7 Å². The Labute approximate surface area is 167 Å². The third-order valence-corrected chi connectivity index (χ3v) is 4.69. The summed E-state index contributed by atoms with van der Waals surface area (Å²) in [4.78, 5) is 8.79. The Morgan fingerprint density at radius 1 is 0.893 bits per heavy atom. The van der Waals surface area contributed by atoms with E-state index in [9.17, 15) is 5.11 Å². The van der Waals surface area contributed by atoms with Crippen molar-refractivity contribution in [1.82, 2.24) is 9.97 Å². The summed E-state index contributed by atoms with van der Waals surface area (Å²) in [5.41, 5.74) is 0.683. The van der Waals surface area contributed by atoms with Crippen LogP contribution in [0.3, 0.4) is 0 Å². The normalized spacial score (nSPS) is 19.8. The summed E-state index contributed by atoms with van der Waals surface area (Å²) in [5, 5.41) is 9.20. The zero-order valence-electron chi connectivity index (χ0n) is 16.9. The van der Waals surface area contributed by atoms with Crippen LogP contribution >= 0.6 is 0 Å². The molecule has 0 amide bonds. The predicted octanol–water partition coefficient (Wildman–Crippen LogP) is 1.71. The number of aliphatic hydroxyl groups excluding tert-OH is 1. The van der Waals surface area contributed by atoms with Gasteiger partial charge in [0.05, 0.1) is 71.3 Å². The third-order valence-electron chi connectivity index (χ3n) is 4.69. The van der Waals surface area contributed by atoms with E-state index in [0.29, 0.717) is 64.5 Å². The summed E-state index contributed by atoms with van der Waals surface area (Å²) < 4.78 is 27.1. The van der Waals surface area contributed by atoms with Crippen molar-refractivity contribution in [3.05, 3.63) is 23.8 Å². The van der Waals surface area contributed by atoms with E-state index in [0.717, 1.165) is 31.5 Å². The first-order chi connectivity index (χ1) is 13.8. The summed E-state index contributed by atoms with van der Waals surface area (Å²) in [6.45, 7) is 4.61. The topological polar surface area (TPSA) is 92.2 Å². The molecular formula is C20H34N2O6. The maximum atomic E-state index is 9.20. The molecule has 8 nitrogen and oxygen atoms in total. The minimum atomic E-state index is -0.0405. The number of hydrogen-bond donors (Lipinski definition) is 1. The molecular weight excluding hydrogens is 364 g/mol. The standard InChI is InChI=1S/C20H34N2O6/c1-24-8-9-25-10-11-26-12-13-27-14-15-28-19-4-2-17(3-5-19)20-21-7-6-18(16-23)22-20/h6-7,17,19,23H,2-5,8-16H2,1H3/t17-,19-. The van der Waals surface area contributed by atoms with Crippen LogP contribution in [-0.2, 0) is 30.3 Å². The van der Waals surface area contributed by atoms with Gasteiger partial charge in [-0.15, -0.1) is 0 Å². The Bertz CT molecular complexity index is 511. The van der Waals surface area contributed by atoms with Crippen molar-refractivity contribution in [2.24, 2.45) is 0 Å². The molecule has 1 fully saturated rings.